The summed E-state index contributed by atoms with van der Waals surface area (Å²) in [6.45, 7) is 3.16. The molecule has 28 heavy (non-hydrogen) atoms. The molecular formula is C19H28N2O5S2. The first-order valence-corrected chi connectivity index (χ1v) is 12.2. The number of nitrogens with zero attached hydrogens (tertiary/aromatic N) is 2. The van der Waals surface area contributed by atoms with Gasteiger partial charge in [0.1, 0.15) is 4.21 Å². The second kappa shape index (κ2) is 9.37. The van der Waals surface area contributed by atoms with Crippen LogP contribution in [0.25, 0.3) is 0 Å². The van der Waals surface area contributed by atoms with Gasteiger partial charge in [-0.1, -0.05) is 13.0 Å². The van der Waals surface area contributed by atoms with Crippen molar-refractivity contribution in [1.29, 1.82) is 0 Å². The second-order valence-corrected chi connectivity index (χ2v) is 10.5. The molecule has 1 aromatic heterocycles. The molecular weight excluding hydrogens is 400 g/mol. The average Bonchev–Trinajstić information content (AvgIpc) is 3.27. The summed E-state index contributed by atoms with van der Waals surface area (Å²) in [7, 11) is -3.48. The molecule has 3 heterocycles. The summed E-state index contributed by atoms with van der Waals surface area (Å²) in [5.74, 6) is -0.880. The van der Waals surface area contributed by atoms with Gasteiger partial charge in [-0.05, 0) is 50.0 Å². The lowest BCUT2D eigenvalue weighted by Crippen LogP contribution is -2.45. The normalized spacial score (nSPS) is 22.2. The monoisotopic (exact) mass is 428 g/mol. The van der Waals surface area contributed by atoms with Crippen LogP contribution in [0.4, 0.5) is 0 Å². The number of esters is 1. The molecule has 2 aliphatic heterocycles. The fraction of sp³-hybridized carbons (Fsp3) is 0.684. The van der Waals surface area contributed by atoms with E-state index in [4.69, 9.17) is 4.74 Å². The Morgan fingerprint density at radius 3 is 2.57 bits per heavy atom. The van der Waals surface area contributed by atoms with E-state index in [0.29, 0.717) is 17.1 Å². The maximum Gasteiger partial charge on any atom is 0.309 e. The first-order valence-electron chi connectivity index (χ1n) is 9.93. The predicted molar refractivity (Wildman–Crippen MR) is 106 cm³/mol. The second-order valence-electron chi connectivity index (χ2n) is 7.36. The number of thiophene rings is 1. The van der Waals surface area contributed by atoms with Gasteiger partial charge in [0.15, 0.2) is 6.61 Å². The zero-order valence-corrected chi connectivity index (χ0v) is 17.8. The van der Waals surface area contributed by atoms with Crippen molar-refractivity contribution in [3.8, 4) is 0 Å². The topological polar surface area (TPSA) is 84.0 Å². The van der Waals surface area contributed by atoms with Gasteiger partial charge in [-0.25, -0.2) is 8.42 Å². The molecule has 2 fully saturated rings. The van der Waals surface area contributed by atoms with E-state index < -0.39 is 16.0 Å². The van der Waals surface area contributed by atoms with E-state index in [1.807, 2.05) is 4.90 Å². The molecule has 0 bridgehead atoms. The summed E-state index contributed by atoms with van der Waals surface area (Å²) in [6, 6.07) is 3.55. The molecule has 1 aromatic rings. The SMILES string of the molecule is CCC1CCCCN1C(=O)COC(=O)C1CCN(S(=O)(=O)c2cccs2)CC1. The van der Waals surface area contributed by atoms with Gasteiger partial charge in [0, 0.05) is 25.7 Å². The van der Waals surface area contributed by atoms with Gasteiger partial charge < -0.3 is 9.64 Å². The molecule has 1 unspecified atom stereocenters. The van der Waals surface area contributed by atoms with Crippen LogP contribution in [0.3, 0.4) is 0 Å². The Hall–Kier alpha value is -1.45. The molecule has 156 valence electrons. The number of likely N-dealkylation sites (tertiary alicyclic amines) is 1. The van der Waals surface area contributed by atoms with E-state index >= 15 is 0 Å². The van der Waals surface area contributed by atoms with Gasteiger partial charge >= 0.3 is 5.97 Å². The molecule has 1 amide bonds. The van der Waals surface area contributed by atoms with Crippen LogP contribution in [0.1, 0.15) is 45.4 Å². The number of hydrogen-bond donors (Lipinski definition) is 0. The Labute approximate surface area is 170 Å². The number of ether oxygens (including phenoxy) is 1. The Kier molecular flexibility index (Phi) is 7.11. The standard InChI is InChI=1S/C19H28N2O5S2/c1-2-16-6-3-4-10-21(16)17(22)14-26-19(23)15-8-11-20(12-9-15)28(24,25)18-7-5-13-27-18/h5,7,13,15-16H,2-4,6,8-12,14H2,1H3. The van der Waals surface area contributed by atoms with Crippen LogP contribution >= 0.6 is 11.3 Å². The van der Waals surface area contributed by atoms with Crippen LogP contribution in [0.2, 0.25) is 0 Å². The van der Waals surface area contributed by atoms with Gasteiger partial charge in [0.2, 0.25) is 0 Å². The van der Waals surface area contributed by atoms with Crippen LogP contribution in [-0.4, -0.2) is 61.8 Å². The van der Waals surface area contributed by atoms with E-state index in [1.54, 1.807) is 17.5 Å². The quantitative estimate of drug-likeness (QED) is 0.650. The lowest BCUT2D eigenvalue weighted by Gasteiger charge is -2.35. The van der Waals surface area contributed by atoms with Gasteiger partial charge in [0.25, 0.3) is 15.9 Å². The third-order valence-corrected chi connectivity index (χ3v) is 8.90. The maximum atomic E-state index is 12.5. The third-order valence-electron chi connectivity index (χ3n) is 5.63. The average molecular weight is 429 g/mol. The lowest BCUT2D eigenvalue weighted by atomic mass is 9.98. The van der Waals surface area contributed by atoms with Gasteiger partial charge in [-0.15, -0.1) is 11.3 Å². The fourth-order valence-corrected chi connectivity index (χ4v) is 6.57. The number of carbonyl (C=O) groups excluding carboxylic acids is 2. The lowest BCUT2D eigenvalue weighted by molar-refractivity contribution is -0.157. The highest BCUT2D eigenvalue weighted by Gasteiger charge is 2.34. The van der Waals surface area contributed by atoms with Crippen molar-refractivity contribution in [2.75, 3.05) is 26.2 Å². The molecule has 9 heteroatoms. The van der Waals surface area contributed by atoms with Crippen molar-refractivity contribution in [3.63, 3.8) is 0 Å². The zero-order chi connectivity index (χ0) is 20.1. The molecule has 0 aliphatic carbocycles. The van der Waals surface area contributed by atoms with E-state index in [0.717, 1.165) is 32.2 Å². The van der Waals surface area contributed by atoms with Crippen molar-refractivity contribution in [1.82, 2.24) is 9.21 Å². The molecule has 7 nitrogen and oxygen atoms in total. The van der Waals surface area contributed by atoms with Gasteiger partial charge in [-0.2, -0.15) is 4.31 Å². The van der Waals surface area contributed by atoms with Crippen LogP contribution in [0, 0.1) is 5.92 Å². The smallest absolute Gasteiger partial charge is 0.309 e. The first-order chi connectivity index (χ1) is 13.4. The highest BCUT2D eigenvalue weighted by atomic mass is 32.2. The minimum absolute atomic E-state index is 0.127. The van der Waals surface area contributed by atoms with Crippen molar-refractivity contribution < 1.29 is 22.7 Å². The molecule has 0 spiro atoms. The summed E-state index contributed by atoms with van der Waals surface area (Å²) < 4.78 is 32.1. The van der Waals surface area contributed by atoms with E-state index in [1.165, 1.54) is 15.6 Å². The summed E-state index contributed by atoms with van der Waals surface area (Å²) in [5, 5.41) is 1.74. The highest BCUT2D eigenvalue weighted by molar-refractivity contribution is 7.91. The predicted octanol–water partition coefficient (Wildman–Crippen LogP) is 2.48. The minimum Gasteiger partial charge on any atom is -0.455 e. The van der Waals surface area contributed by atoms with Crippen molar-refractivity contribution in [2.24, 2.45) is 5.92 Å². The molecule has 0 aromatic carbocycles. The minimum atomic E-state index is -3.48. The van der Waals surface area contributed by atoms with Crippen LogP contribution in [0.5, 0.6) is 0 Å². The number of hydrogen-bond acceptors (Lipinski definition) is 6. The van der Waals surface area contributed by atoms with Crippen LogP contribution in [0.15, 0.2) is 21.7 Å². The first kappa shape index (κ1) is 21.3. The summed E-state index contributed by atoms with van der Waals surface area (Å²) in [4.78, 5) is 26.6. The Morgan fingerprint density at radius 2 is 1.93 bits per heavy atom. The van der Waals surface area contributed by atoms with Gasteiger partial charge in [0.05, 0.1) is 5.92 Å². The number of carbonyl (C=O) groups is 2. The number of rotatable bonds is 6. The van der Waals surface area contributed by atoms with Crippen molar-refractivity contribution in [3.05, 3.63) is 17.5 Å². The highest BCUT2D eigenvalue weighted by Crippen LogP contribution is 2.27. The molecule has 2 saturated heterocycles. The molecule has 3 rings (SSSR count). The summed E-state index contributed by atoms with van der Waals surface area (Å²) in [5.41, 5.74) is 0. The molecule has 2 aliphatic rings. The maximum absolute atomic E-state index is 12.5. The van der Waals surface area contributed by atoms with Crippen LogP contribution < -0.4 is 0 Å². The summed E-state index contributed by atoms with van der Waals surface area (Å²) >= 11 is 1.19. The molecule has 0 N–H and O–H groups in total. The van der Waals surface area contributed by atoms with Crippen molar-refractivity contribution >= 4 is 33.2 Å². The largest absolute Gasteiger partial charge is 0.455 e. The summed E-state index contributed by atoms with van der Waals surface area (Å²) in [6.07, 6.45) is 4.88. The van der Waals surface area contributed by atoms with Gasteiger partial charge in [-0.3, -0.25) is 9.59 Å². The third kappa shape index (κ3) is 4.75. The number of piperidine rings is 2. The molecule has 0 radical (unpaired) electrons. The van der Waals surface area contributed by atoms with E-state index in [9.17, 15) is 18.0 Å². The Morgan fingerprint density at radius 1 is 1.18 bits per heavy atom. The number of amides is 1. The molecule has 1 atom stereocenters. The Balaban J connectivity index is 1.47. The van der Waals surface area contributed by atoms with E-state index in [-0.39, 0.29) is 37.6 Å². The fourth-order valence-electron chi connectivity index (χ4n) is 3.96. The van der Waals surface area contributed by atoms with E-state index in [2.05, 4.69) is 6.92 Å². The zero-order valence-electron chi connectivity index (χ0n) is 16.2. The van der Waals surface area contributed by atoms with Crippen molar-refractivity contribution in [2.45, 2.75) is 55.7 Å². The Bertz CT molecular complexity index is 770. The van der Waals surface area contributed by atoms with Crippen LogP contribution in [-0.2, 0) is 24.3 Å². The number of sulfonamides is 1. The molecule has 0 saturated carbocycles.